The van der Waals surface area contributed by atoms with E-state index in [-0.39, 0.29) is 17.6 Å². The highest BCUT2D eigenvalue weighted by atomic mass is 19.1. The van der Waals surface area contributed by atoms with E-state index in [9.17, 15) is 14.0 Å². The first-order valence-electron chi connectivity index (χ1n) is 8.16. The van der Waals surface area contributed by atoms with E-state index < -0.39 is 6.04 Å². The van der Waals surface area contributed by atoms with Crippen LogP contribution in [0.25, 0.3) is 0 Å². The molecule has 0 spiro atoms. The van der Waals surface area contributed by atoms with Gasteiger partial charge >= 0.3 is 0 Å². The van der Waals surface area contributed by atoms with E-state index in [1.165, 1.54) is 6.07 Å². The molecule has 0 saturated carbocycles. The smallest absolute Gasteiger partial charge is 0.249 e. The summed E-state index contributed by atoms with van der Waals surface area (Å²) in [6, 6.07) is 4.22. The summed E-state index contributed by atoms with van der Waals surface area (Å²) in [6.45, 7) is 12.2. The molecule has 1 unspecified atom stereocenters. The quantitative estimate of drug-likeness (QED) is 0.807. The minimum Gasteiger partial charge on any atom is -0.374 e. The van der Waals surface area contributed by atoms with Gasteiger partial charge in [-0.2, -0.15) is 0 Å². The Morgan fingerprint density at radius 1 is 1.22 bits per heavy atom. The van der Waals surface area contributed by atoms with Crippen LogP contribution in [0.15, 0.2) is 18.2 Å². The number of hydrogen-bond acceptors (Lipinski definition) is 3. The Balaban J connectivity index is 0.000000705. The SMILES string of the molecule is CC.CC(C)C.Cc1ccc(NC2CCC(=O)NC2=O)cc1F. The Hall–Kier alpha value is -1.91. The lowest BCUT2D eigenvalue weighted by Crippen LogP contribution is -2.47. The van der Waals surface area contributed by atoms with E-state index in [4.69, 9.17) is 0 Å². The van der Waals surface area contributed by atoms with Crippen molar-refractivity contribution in [1.29, 1.82) is 0 Å². The molecule has 1 heterocycles. The van der Waals surface area contributed by atoms with E-state index in [2.05, 4.69) is 31.4 Å². The van der Waals surface area contributed by atoms with Crippen LogP contribution in [-0.2, 0) is 9.59 Å². The Bertz CT molecular complexity index is 513. The number of aryl methyl sites for hydroxylation is 1. The molecule has 0 radical (unpaired) electrons. The number of nitrogens with one attached hydrogen (secondary N) is 2. The van der Waals surface area contributed by atoms with Crippen molar-refractivity contribution in [3.05, 3.63) is 29.6 Å². The molecule has 130 valence electrons. The van der Waals surface area contributed by atoms with E-state index in [0.29, 0.717) is 24.1 Å². The van der Waals surface area contributed by atoms with Crippen molar-refractivity contribution >= 4 is 17.5 Å². The number of carbonyl (C=O) groups is 2. The number of hydrogen-bond donors (Lipinski definition) is 2. The molecule has 1 aliphatic rings. The zero-order chi connectivity index (χ0) is 18.0. The normalized spacial score (nSPS) is 16.6. The van der Waals surface area contributed by atoms with Gasteiger partial charge in [-0.05, 0) is 37.0 Å². The summed E-state index contributed by atoms with van der Waals surface area (Å²) in [5.41, 5.74) is 1.10. The van der Waals surface area contributed by atoms with Crippen molar-refractivity contribution in [2.45, 2.75) is 60.4 Å². The molecule has 1 atom stereocenters. The minimum atomic E-state index is -0.477. The highest BCUT2D eigenvalue weighted by molar-refractivity contribution is 6.01. The second-order valence-electron chi connectivity index (χ2n) is 5.84. The zero-order valence-corrected chi connectivity index (χ0v) is 15.0. The van der Waals surface area contributed by atoms with E-state index >= 15 is 0 Å². The molecule has 1 aliphatic heterocycles. The van der Waals surface area contributed by atoms with Crippen LogP contribution in [0.3, 0.4) is 0 Å². The van der Waals surface area contributed by atoms with Gasteiger partial charge in [0.05, 0.1) is 0 Å². The van der Waals surface area contributed by atoms with Gasteiger partial charge in [0, 0.05) is 12.1 Å². The third-order valence-electron chi connectivity index (χ3n) is 2.75. The summed E-state index contributed by atoms with van der Waals surface area (Å²) in [5, 5.41) is 5.16. The van der Waals surface area contributed by atoms with E-state index in [1.54, 1.807) is 19.1 Å². The number of benzene rings is 1. The number of piperidine rings is 1. The molecule has 2 rings (SSSR count). The fourth-order valence-corrected chi connectivity index (χ4v) is 1.72. The first kappa shape index (κ1) is 21.1. The fraction of sp³-hybridized carbons (Fsp3) is 0.556. The monoisotopic (exact) mass is 324 g/mol. The van der Waals surface area contributed by atoms with Crippen LogP contribution >= 0.6 is 0 Å². The van der Waals surface area contributed by atoms with Crippen LogP contribution in [0.4, 0.5) is 10.1 Å². The third-order valence-corrected chi connectivity index (χ3v) is 2.75. The number of carbonyl (C=O) groups excluding carboxylic acids is 2. The number of imide groups is 1. The maximum Gasteiger partial charge on any atom is 0.249 e. The third kappa shape index (κ3) is 8.33. The number of anilines is 1. The molecule has 1 fully saturated rings. The van der Waals surface area contributed by atoms with Gasteiger partial charge in [-0.25, -0.2) is 4.39 Å². The van der Waals surface area contributed by atoms with Gasteiger partial charge < -0.3 is 5.32 Å². The first-order valence-corrected chi connectivity index (χ1v) is 8.16. The summed E-state index contributed by atoms with van der Waals surface area (Å²) < 4.78 is 13.3. The Morgan fingerprint density at radius 3 is 2.26 bits per heavy atom. The first-order chi connectivity index (χ1) is 10.8. The lowest BCUT2D eigenvalue weighted by atomic mass is 10.1. The van der Waals surface area contributed by atoms with Crippen LogP contribution in [-0.4, -0.2) is 17.9 Å². The Morgan fingerprint density at radius 2 is 1.78 bits per heavy atom. The predicted molar refractivity (Wildman–Crippen MR) is 92.8 cm³/mol. The summed E-state index contributed by atoms with van der Waals surface area (Å²) in [7, 11) is 0. The van der Waals surface area contributed by atoms with Gasteiger partial charge in [0.25, 0.3) is 0 Å². The molecular weight excluding hydrogens is 295 g/mol. The zero-order valence-electron chi connectivity index (χ0n) is 15.0. The number of amides is 2. The maximum absolute atomic E-state index is 13.3. The van der Waals surface area contributed by atoms with Crippen molar-refractivity contribution in [1.82, 2.24) is 5.32 Å². The standard InChI is InChI=1S/C12H13FN2O2.C4H10.C2H6/c1-7-2-3-8(6-9(7)13)14-10-4-5-11(16)15-12(10)17;1-4(2)3;1-2/h2-3,6,10,14H,4-5H2,1H3,(H,15,16,17);4H,1-3H3;1-2H3. The van der Waals surface area contributed by atoms with Gasteiger partial charge in [-0.1, -0.05) is 40.7 Å². The van der Waals surface area contributed by atoms with Gasteiger partial charge in [0.15, 0.2) is 0 Å². The average molecular weight is 324 g/mol. The molecule has 1 aromatic carbocycles. The predicted octanol–water partition coefficient (Wildman–Crippen LogP) is 4.04. The molecule has 0 aliphatic carbocycles. The van der Waals surface area contributed by atoms with Crippen LogP contribution in [0.2, 0.25) is 0 Å². The van der Waals surface area contributed by atoms with Crippen molar-refractivity contribution in [2.24, 2.45) is 5.92 Å². The van der Waals surface area contributed by atoms with Crippen molar-refractivity contribution in [3.63, 3.8) is 0 Å². The van der Waals surface area contributed by atoms with Crippen LogP contribution < -0.4 is 10.6 Å². The number of rotatable bonds is 2. The van der Waals surface area contributed by atoms with Crippen LogP contribution in [0, 0.1) is 18.7 Å². The van der Waals surface area contributed by atoms with Gasteiger partial charge in [0.1, 0.15) is 11.9 Å². The second kappa shape index (κ2) is 10.8. The summed E-state index contributed by atoms with van der Waals surface area (Å²) in [5.74, 6) is -0.104. The van der Waals surface area contributed by atoms with Gasteiger partial charge in [0.2, 0.25) is 11.8 Å². The fourth-order valence-electron chi connectivity index (χ4n) is 1.72. The second-order valence-corrected chi connectivity index (χ2v) is 5.84. The lowest BCUT2D eigenvalue weighted by molar-refractivity contribution is -0.133. The molecule has 1 aromatic rings. The van der Waals surface area contributed by atoms with Crippen LogP contribution in [0.5, 0.6) is 0 Å². The molecular formula is C18H29FN2O2. The molecule has 4 nitrogen and oxygen atoms in total. The topological polar surface area (TPSA) is 58.2 Å². The van der Waals surface area contributed by atoms with E-state index in [0.717, 1.165) is 5.92 Å². The maximum atomic E-state index is 13.3. The highest BCUT2D eigenvalue weighted by Crippen LogP contribution is 2.17. The van der Waals surface area contributed by atoms with Crippen LogP contribution in [0.1, 0.15) is 53.0 Å². The molecule has 0 bridgehead atoms. The summed E-state index contributed by atoms with van der Waals surface area (Å²) in [6.07, 6.45) is 0.734. The lowest BCUT2D eigenvalue weighted by Gasteiger charge is -2.22. The number of halogens is 1. The minimum absolute atomic E-state index is 0.261. The highest BCUT2D eigenvalue weighted by Gasteiger charge is 2.26. The van der Waals surface area contributed by atoms with Gasteiger partial charge in [-0.15, -0.1) is 0 Å². The average Bonchev–Trinajstić information content (AvgIpc) is 2.47. The van der Waals surface area contributed by atoms with Crippen molar-refractivity contribution in [2.75, 3.05) is 5.32 Å². The summed E-state index contributed by atoms with van der Waals surface area (Å²) >= 11 is 0. The molecule has 0 aromatic heterocycles. The molecule has 1 saturated heterocycles. The largest absolute Gasteiger partial charge is 0.374 e. The molecule has 2 amide bonds. The van der Waals surface area contributed by atoms with E-state index in [1.807, 2.05) is 13.8 Å². The van der Waals surface area contributed by atoms with Crippen molar-refractivity contribution < 1.29 is 14.0 Å². The molecule has 23 heavy (non-hydrogen) atoms. The molecule has 5 heteroatoms. The van der Waals surface area contributed by atoms with Crippen molar-refractivity contribution in [3.8, 4) is 0 Å². The van der Waals surface area contributed by atoms with Gasteiger partial charge in [-0.3, -0.25) is 14.9 Å². The molecule has 2 N–H and O–H groups in total. The Labute approximate surface area is 138 Å². The Kier molecular flexibility index (Phi) is 9.86. The summed E-state index contributed by atoms with van der Waals surface area (Å²) in [4.78, 5) is 22.4.